The molecule has 4 rings (SSSR count). The number of nitrogens with zero attached hydrogens (tertiary/aromatic N) is 5. The van der Waals surface area contributed by atoms with E-state index in [4.69, 9.17) is 0 Å². The van der Waals surface area contributed by atoms with Crippen molar-refractivity contribution in [2.24, 2.45) is 0 Å². The summed E-state index contributed by atoms with van der Waals surface area (Å²) in [4.78, 5) is 21.2. The normalized spacial score (nSPS) is 11.6. The van der Waals surface area contributed by atoms with Gasteiger partial charge in [0.1, 0.15) is 5.69 Å². The van der Waals surface area contributed by atoms with Gasteiger partial charge in [-0.1, -0.05) is 25.0 Å². The predicted octanol–water partition coefficient (Wildman–Crippen LogP) is 5.09. The maximum atomic E-state index is 13.9. The van der Waals surface area contributed by atoms with Crippen LogP contribution in [0.4, 0.5) is 18.9 Å². The highest BCUT2D eigenvalue weighted by atomic mass is 19.4. The Labute approximate surface area is 231 Å². The molecule has 0 radical (unpaired) electrons. The van der Waals surface area contributed by atoms with E-state index < -0.39 is 17.6 Å². The van der Waals surface area contributed by atoms with E-state index in [-0.39, 0.29) is 23.4 Å². The number of anilines is 1. The van der Waals surface area contributed by atoms with Crippen LogP contribution in [-0.2, 0) is 12.7 Å². The van der Waals surface area contributed by atoms with Crippen LogP contribution in [0.1, 0.15) is 45.2 Å². The fourth-order valence-electron chi connectivity index (χ4n) is 4.07. The van der Waals surface area contributed by atoms with Crippen LogP contribution in [-0.4, -0.2) is 64.0 Å². The minimum Gasteiger partial charge on any atom is -0.322 e. The summed E-state index contributed by atoms with van der Waals surface area (Å²) >= 11 is 0. The molecule has 2 heterocycles. The minimum atomic E-state index is -4.56. The molecule has 0 unspecified atom stereocenters. The molecule has 1 amide bonds. The second-order valence-electron chi connectivity index (χ2n) is 9.67. The number of halogens is 3. The molecule has 0 spiro atoms. The van der Waals surface area contributed by atoms with Gasteiger partial charge in [-0.2, -0.15) is 18.3 Å². The zero-order chi connectivity index (χ0) is 28.9. The maximum absolute atomic E-state index is 13.9. The highest BCUT2D eigenvalue weighted by Crippen LogP contribution is 2.34. The summed E-state index contributed by atoms with van der Waals surface area (Å²) in [6.07, 6.45) is -1.31. The molecule has 4 aromatic rings. The van der Waals surface area contributed by atoms with Crippen molar-refractivity contribution in [1.82, 2.24) is 24.4 Å². The number of aryl methyl sites for hydroxylation is 1. The van der Waals surface area contributed by atoms with Gasteiger partial charge in [-0.15, -0.1) is 0 Å². The van der Waals surface area contributed by atoms with Crippen LogP contribution in [0.15, 0.2) is 60.9 Å². The van der Waals surface area contributed by atoms with Crippen molar-refractivity contribution >= 4 is 17.2 Å². The zero-order valence-corrected chi connectivity index (χ0v) is 22.9. The van der Waals surface area contributed by atoms with Crippen LogP contribution in [0.25, 0.3) is 5.65 Å². The van der Waals surface area contributed by atoms with E-state index in [1.165, 1.54) is 12.1 Å². The van der Waals surface area contributed by atoms with Gasteiger partial charge in [0, 0.05) is 42.6 Å². The van der Waals surface area contributed by atoms with Crippen molar-refractivity contribution in [3.63, 3.8) is 0 Å². The second kappa shape index (κ2) is 12.3. The quantitative estimate of drug-likeness (QED) is 0.311. The molecule has 7 nitrogen and oxygen atoms in total. The first-order valence-electron chi connectivity index (χ1n) is 12.8. The highest BCUT2D eigenvalue weighted by Gasteiger charge is 2.34. The summed E-state index contributed by atoms with van der Waals surface area (Å²) in [5.74, 6) is 5.56. The van der Waals surface area contributed by atoms with E-state index in [1.54, 1.807) is 48.2 Å². The van der Waals surface area contributed by atoms with Gasteiger partial charge in [0.05, 0.1) is 11.8 Å². The molecule has 0 aliphatic carbocycles. The minimum absolute atomic E-state index is 0.0689. The number of rotatable bonds is 8. The van der Waals surface area contributed by atoms with Gasteiger partial charge in [-0.25, -0.2) is 9.50 Å². The number of amides is 1. The molecule has 0 fully saturated rings. The molecular formula is C30H31F3N6O. The third-order valence-electron chi connectivity index (χ3n) is 6.62. The molecule has 2 aromatic heterocycles. The smallest absolute Gasteiger partial charge is 0.322 e. The van der Waals surface area contributed by atoms with E-state index >= 15 is 0 Å². The zero-order valence-electron chi connectivity index (χ0n) is 22.9. The van der Waals surface area contributed by atoms with Crippen molar-refractivity contribution in [2.45, 2.75) is 26.6 Å². The molecule has 10 heteroatoms. The number of carbonyl (C=O) groups excluding carboxylic acids is 1. The standard InChI is InChI=1S/C30H31F3N6O/c1-5-37(3)15-16-38(4)20-24-10-12-25(18-27(24)30(31,32)33)36-29(40)23-9-8-21(2)22(17-23)11-13-26-19-34-28-7-6-14-35-39(26)28/h6-10,12,14,17-19H,5,15-16,20H2,1-4H3,(H,36,40). The van der Waals surface area contributed by atoms with Crippen LogP contribution in [0.2, 0.25) is 0 Å². The van der Waals surface area contributed by atoms with Crippen molar-refractivity contribution in [3.05, 3.63) is 94.4 Å². The molecule has 0 aliphatic heterocycles. The predicted molar refractivity (Wildman–Crippen MR) is 149 cm³/mol. The lowest BCUT2D eigenvalue weighted by molar-refractivity contribution is -0.138. The molecule has 40 heavy (non-hydrogen) atoms. The van der Waals surface area contributed by atoms with Gasteiger partial charge in [-0.3, -0.25) is 4.79 Å². The Hall–Kier alpha value is -4.20. The number of imidazole rings is 1. The van der Waals surface area contributed by atoms with E-state index in [0.29, 0.717) is 23.4 Å². The van der Waals surface area contributed by atoms with E-state index in [9.17, 15) is 18.0 Å². The van der Waals surface area contributed by atoms with Gasteiger partial charge < -0.3 is 15.1 Å². The summed E-state index contributed by atoms with van der Waals surface area (Å²) < 4.78 is 43.4. The first-order valence-corrected chi connectivity index (χ1v) is 12.8. The second-order valence-corrected chi connectivity index (χ2v) is 9.67. The lowest BCUT2D eigenvalue weighted by Crippen LogP contribution is -2.31. The van der Waals surface area contributed by atoms with Crippen LogP contribution in [0, 0.1) is 18.8 Å². The largest absolute Gasteiger partial charge is 0.416 e. The van der Waals surface area contributed by atoms with Gasteiger partial charge in [0.25, 0.3) is 5.91 Å². The average Bonchev–Trinajstić information content (AvgIpc) is 3.34. The monoisotopic (exact) mass is 548 g/mol. The lowest BCUT2D eigenvalue weighted by Gasteiger charge is -2.23. The fourth-order valence-corrected chi connectivity index (χ4v) is 4.07. The van der Waals surface area contributed by atoms with Crippen LogP contribution in [0.3, 0.4) is 0 Å². The maximum Gasteiger partial charge on any atom is 0.416 e. The molecule has 0 atom stereocenters. The topological polar surface area (TPSA) is 65.8 Å². The highest BCUT2D eigenvalue weighted by molar-refractivity contribution is 6.04. The van der Waals surface area contributed by atoms with Crippen molar-refractivity contribution in [3.8, 4) is 11.8 Å². The number of alkyl halides is 3. The van der Waals surface area contributed by atoms with Crippen LogP contribution in [0.5, 0.6) is 0 Å². The number of carbonyl (C=O) groups is 1. The molecule has 0 saturated heterocycles. The van der Waals surface area contributed by atoms with Crippen LogP contribution < -0.4 is 5.32 Å². The third kappa shape index (κ3) is 7.05. The number of benzene rings is 2. The average molecular weight is 549 g/mol. The van der Waals surface area contributed by atoms with E-state index in [1.807, 2.05) is 31.9 Å². The number of hydrogen-bond donors (Lipinski definition) is 1. The summed E-state index contributed by atoms with van der Waals surface area (Å²) in [6.45, 7) is 6.28. The summed E-state index contributed by atoms with van der Waals surface area (Å²) in [5.41, 5.74) is 2.46. The summed E-state index contributed by atoms with van der Waals surface area (Å²) in [7, 11) is 3.76. The molecular weight excluding hydrogens is 517 g/mol. The SMILES string of the molecule is CCN(C)CCN(C)Cc1ccc(NC(=O)c2ccc(C)c(C#Cc3cnc4cccnn34)c2)cc1C(F)(F)F. The molecule has 2 aromatic carbocycles. The Kier molecular flexibility index (Phi) is 8.87. The number of fused-ring (bicyclic) bond motifs is 1. The van der Waals surface area contributed by atoms with Gasteiger partial charge in [-0.05, 0) is 81.0 Å². The van der Waals surface area contributed by atoms with Crippen molar-refractivity contribution in [2.75, 3.05) is 39.0 Å². The van der Waals surface area contributed by atoms with Gasteiger partial charge >= 0.3 is 6.18 Å². The van der Waals surface area contributed by atoms with E-state index in [2.05, 4.69) is 32.1 Å². The molecule has 0 aliphatic rings. The first-order chi connectivity index (χ1) is 19.0. The molecule has 0 saturated carbocycles. The Morgan fingerprint density at radius 2 is 1.82 bits per heavy atom. The fraction of sp³-hybridized carbons (Fsp3) is 0.300. The van der Waals surface area contributed by atoms with E-state index in [0.717, 1.165) is 24.7 Å². The number of hydrogen-bond acceptors (Lipinski definition) is 5. The van der Waals surface area contributed by atoms with Gasteiger partial charge in [0.2, 0.25) is 0 Å². The summed E-state index contributed by atoms with van der Waals surface area (Å²) in [6, 6.07) is 12.5. The number of nitrogens with one attached hydrogen (secondary N) is 1. The lowest BCUT2D eigenvalue weighted by atomic mass is 10.0. The summed E-state index contributed by atoms with van der Waals surface area (Å²) in [5, 5.41) is 6.85. The first kappa shape index (κ1) is 28.8. The molecule has 208 valence electrons. The Morgan fingerprint density at radius 1 is 1.05 bits per heavy atom. The number of likely N-dealkylation sites (N-methyl/N-ethyl adjacent to an activating group) is 2. The molecule has 0 bridgehead atoms. The molecule has 1 N–H and O–H groups in total. The Balaban J connectivity index is 1.52. The third-order valence-corrected chi connectivity index (χ3v) is 6.62. The van der Waals surface area contributed by atoms with Gasteiger partial charge in [0.15, 0.2) is 5.65 Å². The van der Waals surface area contributed by atoms with Crippen molar-refractivity contribution in [1.29, 1.82) is 0 Å². The van der Waals surface area contributed by atoms with Crippen molar-refractivity contribution < 1.29 is 18.0 Å². The Morgan fingerprint density at radius 3 is 2.58 bits per heavy atom. The Bertz CT molecular complexity index is 1570. The number of aromatic nitrogens is 3. The van der Waals surface area contributed by atoms with Crippen LogP contribution >= 0.6 is 0 Å².